The number of rotatable bonds is 6. The van der Waals surface area contributed by atoms with Crippen LogP contribution >= 0.6 is 11.6 Å². The summed E-state index contributed by atoms with van der Waals surface area (Å²) in [5, 5.41) is 0. The van der Waals surface area contributed by atoms with Crippen LogP contribution in [-0.4, -0.2) is 12.0 Å². The molecule has 0 saturated heterocycles. The first-order valence-corrected chi connectivity index (χ1v) is 6.47. The molecule has 2 unspecified atom stereocenters. The van der Waals surface area contributed by atoms with Crippen LogP contribution in [-0.2, 0) is 11.3 Å². The van der Waals surface area contributed by atoms with Crippen molar-refractivity contribution in [1.82, 2.24) is 0 Å². The van der Waals surface area contributed by atoms with Crippen molar-refractivity contribution < 1.29 is 4.74 Å². The summed E-state index contributed by atoms with van der Waals surface area (Å²) >= 11 is 5.68. The second kappa shape index (κ2) is 6.93. The molecule has 0 radical (unpaired) electrons. The summed E-state index contributed by atoms with van der Waals surface area (Å²) in [6.45, 7) is 7.10. The molecular formula is C14H21ClO. The maximum atomic E-state index is 5.68. The Hall–Kier alpha value is -0.530. The molecule has 1 rings (SSSR count). The molecule has 0 spiro atoms. The topological polar surface area (TPSA) is 9.23 Å². The van der Waals surface area contributed by atoms with Crippen LogP contribution in [0.25, 0.3) is 0 Å². The van der Waals surface area contributed by atoms with E-state index in [2.05, 4.69) is 38.1 Å². The van der Waals surface area contributed by atoms with Crippen molar-refractivity contribution in [3.05, 3.63) is 35.4 Å². The lowest BCUT2D eigenvalue weighted by atomic mass is 9.98. The minimum Gasteiger partial charge on any atom is -0.373 e. The summed E-state index contributed by atoms with van der Waals surface area (Å²) in [4.78, 5) is 0. The van der Waals surface area contributed by atoms with E-state index in [0.717, 1.165) is 0 Å². The molecule has 0 aliphatic carbocycles. The van der Waals surface area contributed by atoms with Gasteiger partial charge in [-0.25, -0.2) is 0 Å². The molecule has 0 aliphatic rings. The number of ether oxygens (including phenoxy) is 1. The van der Waals surface area contributed by atoms with Gasteiger partial charge in [-0.3, -0.25) is 0 Å². The van der Waals surface area contributed by atoms with Gasteiger partial charge in [0.1, 0.15) is 0 Å². The van der Waals surface area contributed by atoms with Crippen LogP contribution in [0.15, 0.2) is 24.3 Å². The second-order valence-electron chi connectivity index (χ2n) is 4.33. The third-order valence-corrected chi connectivity index (χ3v) is 3.35. The van der Waals surface area contributed by atoms with E-state index >= 15 is 0 Å². The smallest absolute Gasteiger partial charge is 0.0721 e. The molecule has 2 heteroatoms. The fraction of sp³-hybridized carbons (Fsp3) is 0.571. The Morgan fingerprint density at radius 1 is 1.19 bits per heavy atom. The Morgan fingerprint density at radius 2 is 1.81 bits per heavy atom. The van der Waals surface area contributed by atoms with Gasteiger partial charge in [-0.2, -0.15) is 0 Å². The average molecular weight is 241 g/mol. The van der Waals surface area contributed by atoms with Crippen molar-refractivity contribution in [2.75, 3.05) is 5.88 Å². The fourth-order valence-electron chi connectivity index (χ4n) is 1.46. The highest BCUT2D eigenvalue weighted by atomic mass is 35.5. The van der Waals surface area contributed by atoms with Crippen LogP contribution in [0.2, 0.25) is 0 Å². The minimum atomic E-state index is 0.121. The third kappa shape index (κ3) is 4.15. The number of hydrogen-bond donors (Lipinski definition) is 0. The highest BCUT2D eigenvalue weighted by Gasteiger charge is 2.03. The van der Waals surface area contributed by atoms with Gasteiger partial charge in [-0.1, -0.05) is 38.1 Å². The van der Waals surface area contributed by atoms with E-state index in [9.17, 15) is 0 Å². The number of hydrogen-bond acceptors (Lipinski definition) is 1. The molecule has 0 heterocycles. The van der Waals surface area contributed by atoms with E-state index in [-0.39, 0.29) is 6.10 Å². The van der Waals surface area contributed by atoms with Crippen LogP contribution < -0.4 is 0 Å². The molecule has 1 aromatic rings. The molecule has 1 nitrogen and oxygen atoms in total. The summed E-state index contributed by atoms with van der Waals surface area (Å²) < 4.78 is 5.57. The first kappa shape index (κ1) is 13.5. The van der Waals surface area contributed by atoms with Crippen molar-refractivity contribution in [1.29, 1.82) is 0 Å². The first-order chi connectivity index (χ1) is 7.67. The van der Waals surface area contributed by atoms with Gasteiger partial charge in [-0.15, -0.1) is 11.6 Å². The summed E-state index contributed by atoms with van der Waals surface area (Å²) in [7, 11) is 0. The number of halogens is 1. The van der Waals surface area contributed by atoms with Crippen LogP contribution in [0, 0.1) is 0 Å². The maximum Gasteiger partial charge on any atom is 0.0721 e. The quantitative estimate of drug-likeness (QED) is 0.672. The summed E-state index contributed by atoms with van der Waals surface area (Å²) in [6.07, 6.45) is 1.30. The molecule has 0 N–H and O–H groups in total. The molecule has 2 atom stereocenters. The van der Waals surface area contributed by atoms with Crippen LogP contribution in [0.4, 0.5) is 0 Å². The molecule has 0 amide bonds. The van der Waals surface area contributed by atoms with Crippen molar-refractivity contribution in [2.45, 2.75) is 45.8 Å². The number of benzene rings is 1. The normalized spacial score (nSPS) is 14.8. The van der Waals surface area contributed by atoms with E-state index in [4.69, 9.17) is 16.3 Å². The Kier molecular flexibility index (Phi) is 5.86. The number of alkyl halides is 1. The van der Waals surface area contributed by atoms with Crippen molar-refractivity contribution in [2.24, 2.45) is 0 Å². The fourth-order valence-corrected chi connectivity index (χ4v) is 1.55. The van der Waals surface area contributed by atoms with Gasteiger partial charge in [0, 0.05) is 5.88 Å². The molecule has 90 valence electrons. The molecule has 0 aromatic heterocycles. The zero-order valence-electron chi connectivity index (χ0n) is 10.4. The first-order valence-electron chi connectivity index (χ1n) is 5.93. The minimum absolute atomic E-state index is 0.121. The predicted octanol–water partition coefficient (Wildman–Crippen LogP) is 4.34. The van der Waals surface area contributed by atoms with E-state index in [1.165, 1.54) is 17.5 Å². The van der Waals surface area contributed by atoms with Gasteiger partial charge >= 0.3 is 0 Å². The van der Waals surface area contributed by atoms with E-state index in [1.807, 2.05) is 6.92 Å². The lowest BCUT2D eigenvalue weighted by Crippen LogP contribution is -2.09. The van der Waals surface area contributed by atoms with E-state index in [0.29, 0.717) is 18.4 Å². The van der Waals surface area contributed by atoms with E-state index in [1.54, 1.807) is 0 Å². The Morgan fingerprint density at radius 3 is 2.31 bits per heavy atom. The lowest BCUT2D eigenvalue weighted by molar-refractivity contribution is 0.0679. The molecule has 0 aliphatic heterocycles. The zero-order chi connectivity index (χ0) is 12.0. The van der Waals surface area contributed by atoms with Crippen LogP contribution in [0.1, 0.15) is 44.2 Å². The lowest BCUT2D eigenvalue weighted by Gasteiger charge is -2.12. The molecule has 0 bridgehead atoms. The van der Waals surface area contributed by atoms with Gasteiger partial charge < -0.3 is 4.74 Å². The molecule has 0 fully saturated rings. The third-order valence-electron chi connectivity index (χ3n) is 2.91. The average Bonchev–Trinajstić information content (AvgIpc) is 2.35. The van der Waals surface area contributed by atoms with Gasteiger partial charge in [0.15, 0.2) is 0 Å². The standard InChI is InChI=1S/C14H21ClO/c1-4-11(2)14-7-5-13(6-8-14)10-16-12(3)9-15/h5-8,11-12H,4,9-10H2,1-3H3. The molecule has 1 aromatic carbocycles. The summed E-state index contributed by atoms with van der Waals surface area (Å²) in [5.74, 6) is 1.18. The van der Waals surface area contributed by atoms with Gasteiger partial charge in [-0.05, 0) is 30.4 Å². The SMILES string of the molecule is CCC(C)c1ccc(COC(C)CCl)cc1. The van der Waals surface area contributed by atoms with Crippen molar-refractivity contribution in [3.8, 4) is 0 Å². The van der Waals surface area contributed by atoms with E-state index < -0.39 is 0 Å². The summed E-state index contributed by atoms with van der Waals surface area (Å²) in [6, 6.07) is 8.67. The second-order valence-corrected chi connectivity index (χ2v) is 4.64. The molecule has 0 saturated carbocycles. The van der Waals surface area contributed by atoms with Crippen LogP contribution in [0.5, 0.6) is 0 Å². The Labute approximate surface area is 104 Å². The molecular weight excluding hydrogens is 220 g/mol. The van der Waals surface area contributed by atoms with Crippen molar-refractivity contribution >= 4 is 11.6 Å². The Bertz CT molecular complexity index is 294. The largest absolute Gasteiger partial charge is 0.373 e. The Balaban J connectivity index is 2.51. The van der Waals surface area contributed by atoms with Gasteiger partial charge in [0.05, 0.1) is 12.7 Å². The van der Waals surface area contributed by atoms with Gasteiger partial charge in [0.25, 0.3) is 0 Å². The zero-order valence-corrected chi connectivity index (χ0v) is 11.1. The monoisotopic (exact) mass is 240 g/mol. The van der Waals surface area contributed by atoms with Crippen molar-refractivity contribution in [3.63, 3.8) is 0 Å². The molecule has 16 heavy (non-hydrogen) atoms. The highest BCUT2D eigenvalue weighted by molar-refractivity contribution is 6.18. The maximum absolute atomic E-state index is 5.68. The predicted molar refractivity (Wildman–Crippen MR) is 70.1 cm³/mol. The highest BCUT2D eigenvalue weighted by Crippen LogP contribution is 2.19. The van der Waals surface area contributed by atoms with Gasteiger partial charge in [0.2, 0.25) is 0 Å². The summed E-state index contributed by atoms with van der Waals surface area (Å²) in [5.41, 5.74) is 2.61. The van der Waals surface area contributed by atoms with Crippen LogP contribution in [0.3, 0.4) is 0 Å².